The number of carbonyl (C=O) groups is 3. The van der Waals surface area contributed by atoms with Gasteiger partial charge in [-0.25, -0.2) is 13.3 Å². The summed E-state index contributed by atoms with van der Waals surface area (Å²) in [4.78, 5) is 38.3. The zero-order valence-corrected chi connectivity index (χ0v) is 18.9. The molecule has 11 heteroatoms. The van der Waals surface area contributed by atoms with Crippen molar-refractivity contribution in [1.29, 1.82) is 0 Å². The summed E-state index contributed by atoms with van der Waals surface area (Å²) in [5.74, 6) is -1.28. The summed E-state index contributed by atoms with van der Waals surface area (Å²) in [6.07, 6.45) is 0.0355. The average molecular weight is 488 g/mol. The van der Waals surface area contributed by atoms with Crippen LogP contribution in [0.25, 0.3) is 0 Å². The Hall–Kier alpha value is -3.15. The number of nitrogens with zero attached hydrogens (tertiary/aromatic N) is 1. The van der Waals surface area contributed by atoms with E-state index in [1.165, 1.54) is 42.1 Å². The number of primary amides is 1. The second-order valence-electron chi connectivity index (χ2n) is 6.85. The first kappa shape index (κ1) is 22.1. The van der Waals surface area contributed by atoms with Crippen LogP contribution >= 0.6 is 23.1 Å². The zero-order valence-electron chi connectivity index (χ0n) is 16.4. The molecule has 0 saturated carbocycles. The van der Waals surface area contributed by atoms with E-state index in [-0.39, 0.29) is 28.0 Å². The third-order valence-corrected chi connectivity index (χ3v) is 8.64. The number of hydrogen-bond acceptors (Lipinski definition) is 7. The van der Waals surface area contributed by atoms with E-state index in [4.69, 9.17) is 5.73 Å². The Kier molecular flexibility index (Phi) is 6.04. The summed E-state index contributed by atoms with van der Waals surface area (Å²) in [5, 5.41) is 1.08. The van der Waals surface area contributed by atoms with Crippen molar-refractivity contribution < 1.29 is 22.8 Å². The number of amides is 3. The summed E-state index contributed by atoms with van der Waals surface area (Å²) < 4.78 is 27.4. The predicted molar refractivity (Wildman–Crippen MR) is 123 cm³/mol. The predicted octanol–water partition coefficient (Wildman–Crippen LogP) is 3.07. The molecule has 0 aliphatic carbocycles. The lowest BCUT2D eigenvalue weighted by atomic mass is 10.2. The fourth-order valence-corrected chi connectivity index (χ4v) is 6.24. The maximum absolute atomic E-state index is 12.8. The molecule has 1 saturated heterocycles. The van der Waals surface area contributed by atoms with Crippen LogP contribution in [0.2, 0.25) is 0 Å². The molecule has 1 aliphatic rings. The molecular weight excluding hydrogens is 470 g/mol. The highest BCUT2D eigenvalue weighted by molar-refractivity contribution is 8.00. The topological polar surface area (TPSA) is 127 Å². The van der Waals surface area contributed by atoms with E-state index < -0.39 is 21.2 Å². The first-order valence-electron chi connectivity index (χ1n) is 9.34. The van der Waals surface area contributed by atoms with Gasteiger partial charge in [-0.05, 0) is 60.0 Å². The Labute approximate surface area is 192 Å². The summed E-state index contributed by atoms with van der Waals surface area (Å²) in [7, 11) is -3.64. The molecule has 1 unspecified atom stereocenters. The number of rotatable bonds is 7. The fraction of sp³-hybridized carbons (Fsp3) is 0.0952. The molecule has 2 aromatic carbocycles. The van der Waals surface area contributed by atoms with Crippen LogP contribution in [-0.4, -0.2) is 31.4 Å². The van der Waals surface area contributed by atoms with Crippen molar-refractivity contribution in [2.75, 3.05) is 9.62 Å². The minimum Gasteiger partial charge on any atom is -0.366 e. The molecule has 8 nitrogen and oxygen atoms in total. The van der Waals surface area contributed by atoms with Gasteiger partial charge in [0.2, 0.25) is 17.7 Å². The molecular formula is C21H17N3O5S3. The lowest BCUT2D eigenvalue weighted by molar-refractivity contribution is -0.121. The van der Waals surface area contributed by atoms with Crippen LogP contribution < -0.4 is 15.4 Å². The molecule has 0 bridgehead atoms. The number of sulfonamides is 1. The van der Waals surface area contributed by atoms with E-state index in [0.29, 0.717) is 11.4 Å². The molecule has 1 aromatic heterocycles. The van der Waals surface area contributed by atoms with Crippen LogP contribution in [0.1, 0.15) is 16.8 Å². The minimum absolute atomic E-state index is 0.0355. The first-order chi connectivity index (χ1) is 15.2. The number of carbonyl (C=O) groups excluding carboxylic acids is 3. The van der Waals surface area contributed by atoms with Gasteiger partial charge in [0.1, 0.15) is 4.21 Å². The summed E-state index contributed by atoms with van der Waals surface area (Å²) in [6, 6.07) is 15.7. The summed E-state index contributed by atoms with van der Waals surface area (Å²) in [6.45, 7) is 0. The van der Waals surface area contributed by atoms with E-state index in [0.717, 1.165) is 21.1 Å². The first-order valence-corrected chi connectivity index (χ1v) is 12.6. The Morgan fingerprint density at radius 2 is 1.75 bits per heavy atom. The SMILES string of the molecule is NC(=O)c1ccc(N2C(=O)CC(Sc3ccc(NS(=O)(=O)c4cccs4)cc3)C2=O)cc1. The highest BCUT2D eigenvalue weighted by Gasteiger charge is 2.40. The van der Waals surface area contributed by atoms with Crippen LogP contribution in [0.5, 0.6) is 0 Å². The third-order valence-electron chi connectivity index (χ3n) is 4.66. The van der Waals surface area contributed by atoms with Gasteiger partial charge in [-0.2, -0.15) is 0 Å². The molecule has 3 amide bonds. The highest BCUT2D eigenvalue weighted by Crippen LogP contribution is 2.34. The molecule has 32 heavy (non-hydrogen) atoms. The highest BCUT2D eigenvalue weighted by atomic mass is 32.2. The van der Waals surface area contributed by atoms with Crippen LogP contribution in [0.3, 0.4) is 0 Å². The fourth-order valence-electron chi connectivity index (χ4n) is 3.13. The normalized spacial score (nSPS) is 16.4. The number of nitrogens with two attached hydrogens (primary N) is 1. The molecule has 1 atom stereocenters. The summed E-state index contributed by atoms with van der Waals surface area (Å²) in [5.41, 5.74) is 6.28. The van der Waals surface area contributed by atoms with Gasteiger partial charge < -0.3 is 5.73 Å². The second-order valence-corrected chi connectivity index (χ2v) is 11.0. The van der Waals surface area contributed by atoms with Crippen LogP contribution in [0.15, 0.2) is 75.1 Å². The quantitative estimate of drug-likeness (QED) is 0.493. The Morgan fingerprint density at radius 3 is 2.34 bits per heavy atom. The molecule has 1 fully saturated rings. The standard InChI is InChI=1S/C21H17N3O5S3/c22-20(26)13-3-7-15(8-4-13)24-18(25)12-17(21(24)27)31-16-9-5-14(6-10-16)23-32(28,29)19-2-1-11-30-19/h1-11,17,23H,12H2,(H2,22,26). The lowest BCUT2D eigenvalue weighted by Crippen LogP contribution is -2.31. The van der Waals surface area contributed by atoms with E-state index in [2.05, 4.69) is 4.72 Å². The third kappa shape index (κ3) is 4.54. The monoisotopic (exact) mass is 487 g/mol. The zero-order chi connectivity index (χ0) is 22.9. The van der Waals surface area contributed by atoms with Crippen LogP contribution in [-0.2, 0) is 19.6 Å². The second kappa shape index (κ2) is 8.77. The van der Waals surface area contributed by atoms with Gasteiger partial charge in [0.25, 0.3) is 10.0 Å². The van der Waals surface area contributed by atoms with Gasteiger partial charge in [-0.1, -0.05) is 6.07 Å². The van der Waals surface area contributed by atoms with Crippen molar-refractivity contribution in [1.82, 2.24) is 0 Å². The smallest absolute Gasteiger partial charge is 0.271 e. The van der Waals surface area contributed by atoms with Crippen molar-refractivity contribution >= 4 is 62.2 Å². The minimum atomic E-state index is -3.64. The number of imide groups is 1. The Morgan fingerprint density at radius 1 is 1.06 bits per heavy atom. The van der Waals surface area contributed by atoms with Crippen molar-refractivity contribution in [3.05, 3.63) is 71.6 Å². The number of thiophene rings is 1. The number of anilines is 2. The van der Waals surface area contributed by atoms with E-state index in [1.54, 1.807) is 35.7 Å². The van der Waals surface area contributed by atoms with Crippen molar-refractivity contribution in [2.24, 2.45) is 5.73 Å². The van der Waals surface area contributed by atoms with Crippen molar-refractivity contribution in [3.8, 4) is 0 Å². The molecule has 0 spiro atoms. The van der Waals surface area contributed by atoms with E-state index >= 15 is 0 Å². The number of thioether (sulfide) groups is 1. The van der Waals surface area contributed by atoms with Crippen LogP contribution in [0, 0.1) is 0 Å². The molecule has 4 rings (SSSR count). The Balaban J connectivity index is 1.43. The molecule has 0 radical (unpaired) electrons. The number of nitrogens with one attached hydrogen (secondary N) is 1. The maximum Gasteiger partial charge on any atom is 0.271 e. The van der Waals surface area contributed by atoms with Gasteiger partial charge in [-0.15, -0.1) is 23.1 Å². The largest absolute Gasteiger partial charge is 0.366 e. The average Bonchev–Trinajstić information content (AvgIpc) is 3.39. The van der Waals surface area contributed by atoms with Gasteiger partial charge in [-0.3, -0.25) is 19.1 Å². The van der Waals surface area contributed by atoms with E-state index in [1.807, 2.05) is 0 Å². The molecule has 3 aromatic rings. The molecule has 2 heterocycles. The van der Waals surface area contributed by atoms with Gasteiger partial charge in [0, 0.05) is 22.6 Å². The van der Waals surface area contributed by atoms with Gasteiger partial charge in [0.05, 0.1) is 10.9 Å². The van der Waals surface area contributed by atoms with Gasteiger partial charge >= 0.3 is 0 Å². The lowest BCUT2D eigenvalue weighted by Gasteiger charge is -2.15. The van der Waals surface area contributed by atoms with Crippen molar-refractivity contribution in [2.45, 2.75) is 20.8 Å². The van der Waals surface area contributed by atoms with Gasteiger partial charge in [0.15, 0.2) is 0 Å². The molecule has 1 aliphatic heterocycles. The maximum atomic E-state index is 12.8. The van der Waals surface area contributed by atoms with E-state index in [9.17, 15) is 22.8 Å². The van der Waals surface area contributed by atoms with Crippen molar-refractivity contribution in [3.63, 3.8) is 0 Å². The molecule has 164 valence electrons. The van der Waals surface area contributed by atoms with Crippen LogP contribution in [0.4, 0.5) is 11.4 Å². The number of hydrogen-bond donors (Lipinski definition) is 2. The summed E-state index contributed by atoms with van der Waals surface area (Å²) >= 11 is 2.36. The molecule has 3 N–H and O–H groups in total. The number of benzene rings is 2. The Bertz CT molecular complexity index is 1270.